The van der Waals surface area contributed by atoms with Gasteiger partial charge >= 0.3 is 6.61 Å². The summed E-state index contributed by atoms with van der Waals surface area (Å²) in [5, 5.41) is 3.80. The number of halogens is 2. The van der Waals surface area contributed by atoms with Crippen LogP contribution in [0.25, 0.3) is 22.4 Å². The first-order valence-electron chi connectivity index (χ1n) is 14.7. The van der Waals surface area contributed by atoms with Crippen molar-refractivity contribution in [3.8, 4) is 23.0 Å². The number of rotatable bonds is 13. The average molecular weight is 624 g/mol. The van der Waals surface area contributed by atoms with Crippen molar-refractivity contribution in [2.45, 2.75) is 45.4 Å². The number of hydrogen-bond acceptors (Lipinski definition) is 9. The largest absolute Gasteiger partial charge is 0.490 e. The van der Waals surface area contributed by atoms with Crippen LogP contribution in [-0.4, -0.2) is 66.2 Å². The Balaban J connectivity index is 1.26. The molecule has 13 heteroatoms. The van der Waals surface area contributed by atoms with Gasteiger partial charge in [0.15, 0.2) is 23.0 Å². The van der Waals surface area contributed by atoms with Crippen LogP contribution in [0.5, 0.6) is 11.5 Å². The number of amides is 2. The van der Waals surface area contributed by atoms with Gasteiger partial charge < -0.3 is 34.6 Å². The first-order valence-corrected chi connectivity index (χ1v) is 14.7. The van der Waals surface area contributed by atoms with E-state index in [9.17, 15) is 18.4 Å². The standard InChI is InChI=1S/C32H35F2N5O6/c1-20(35)29-28(30(41)36-19-23-11-9-21-6-2-3-7-24(21)37-23)38-31(45-29)22-10-12-25(44-32(33)34)26(18-22)43-15-5-4-8-27(40)39-13-16-42-17-14-39/h2-3,6-7,9-12,18,20,32H,4-5,8,13-17,19,35H2,1H3,(H,36,41)/t20-/m0/s1. The molecule has 1 fully saturated rings. The lowest BCUT2D eigenvalue weighted by Gasteiger charge is -2.26. The Morgan fingerprint density at radius 1 is 1.04 bits per heavy atom. The number of pyridine rings is 1. The van der Waals surface area contributed by atoms with Gasteiger partial charge in [0.1, 0.15) is 0 Å². The van der Waals surface area contributed by atoms with Crippen molar-refractivity contribution in [1.82, 2.24) is 20.2 Å². The first kappa shape index (κ1) is 31.8. The molecule has 2 aromatic carbocycles. The maximum absolute atomic E-state index is 13.2. The van der Waals surface area contributed by atoms with Crippen molar-refractivity contribution in [1.29, 1.82) is 0 Å². The Morgan fingerprint density at radius 3 is 2.62 bits per heavy atom. The number of unbranched alkanes of at least 4 members (excludes halogenated alkanes) is 1. The van der Waals surface area contributed by atoms with Crippen LogP contribution in [0.2, 0.25) is 0 Å². The van der Waals surface area contributed by atoms with E-state index in [1.54, 1.807) is 11.8 Å². The number of morpholine rings is 1. The van der Waals surface area contributed by atoms with Crippen molar-refractivity contribution in [2.75, 3.05) is 32.9 Å². The zero-order valence-electron chi connectivity index (χ0n) is 24.8. The van der Waals surface area contributed by atoms with Crippen LogP contribution in [0.3, 0.4) is 0 Å². The van der Waals surface area contributed by atoms with Gasteiger partial charge in [-0.1, -0.05) is 24.3 Å². The van der Waals surface area contributed by atoms with Crippen LogP contribution in [0, 0.1) is 0 Å². The predicted molar refractivity (Wildman–Crippen MR) is 161 cm³/mol. The lowest BCUT2D eigenvalue weighted by molar-refractivity contribution is -0.135. The number of ether oxygens (including phenoxy) is 3. The van der Waals surface area contributed by atoms with Crippen LogP contribution in [0.15, 0.2) is 59.0 Å². The van der Waals surface area contributed by atoms with Gasteiger partial charge in [-0.15, -0.1) is 0 Å². The maximum atomic E-state index is 13.2. The Kier molecular flexibility index (Phi) is 10.5. The molecule has 3 N–H and O–H groups in total. The number of oxazole rings is 1. The third kappa shape index (κ3) is 8.31. The van der Waals surface area contributed by atoms with E-state index < -0.39 is 18.6 Å². The molecule has 1 aliphatic rings. The first-order chi connectivity index (χ1) is 21.8. The van der Waals surface area contributed by atoms with Crippen LogP contribution in [0.1, 0.15) is 54.2 Å². The molecule has 4 aromatic rings. The highest BCUT2D eigenvalue weighted by Crippen LogP contribution is 2.35. The third-order valence-electron chi connectivity index (χ3n) is 7.18. The second kappa shape index (κ2) is 14.9. The van der Waals surface area contributed by atoms with E-state index in [1.165, 1.54) is 18.2 Å². The Labute approximate surface area is 258 Å². The molecule has 1 atom stereocenters. The summed E-state index contributed by atoms with van der Waals surface area (Å²) in [4.78, 5) is 36.3. The lowest BCUT2D eigenvalue weighted by atomic mass is 10.2. The minimum absolute atomic E-state index is 0.00102. The van der Waals surface area contributed by atoms with Crippen LogP contribution in [-0.2, 0) is 16.1 Å². The van der Waals surface area contributed by atoms with Gasteiger partial charge in [-0.25, -0.2) is 4.98 Å². The van der Waals surface area contributed by atoms with Crippen LogP contribution in [0.4, 0.5) is 8.78 Å². The Morgan fingerprint density at radius 2 is 1.84 bits per heavy atom. The van der Waals surface area contributed by atoms with Crippen molar-refractivity contribution in [2.24, 2.45) is 5.73 Å². The number of nitrogens with two attached hydrogens (primary N) is 1. The maximum Gasteiger partial charge on any atom is 0.387 e. The van der Waals surface area contributed by atoms with Crippen LogP contribution < -0.4 is 20.5 Å². The summed E-state index contributed by atoms with van der Waals surface area (Å²) in [7, 11) is 0. The molecule has 3 heterocycles. The highest BCUT2D eigenvalue weighted by atomic mass is 19.3. The summed E-state index contributed by atoms with van der Waals surface area (Å²) in [5.41, 5.74) is 7.94. The highest BCUT2D eigenvalue weighted by Gasteiger charge is 2.24. The van der Waals surface area contributed by atoms with E-state index in [1.807, 2.05) is 36.4 Å². The summed E-state index contributed by atoms with van der Waals surface area (Å²) >= 11 is 0. The fourth-order valence-electron chi connectivity index (χ4n) is 4.87. The zero-order chi connectivity index (χ0) is 31.8. The minimum Gasteiger partial charge on any atom is -0.490 e. The molecular formula is C32H35F2N5O6. The van der Waals surface area contributed by atoms with E-state index in [4.69, 9.17) is 19.6 Å². The molecule has 0 spiro atoms. The van der Waals surface area contributed by atoms with E-state index in [2.05, 4.69) is 20.0 Å². The summed E-state index contributed by atoms with van der Waals surface area (Å²) in [6, 6.07) is 15.0. The molecule has 2 amide bonds. The van der Waals surface area contributed by atoms with E-state index >= 15 is 0 Å². The zero-order valence-corrected chi connectivity index (χ0v) is 24.8. The Hall–Kier alpha value is -4.62. The van der Waals surface area contributed by atoms with Crippen LogP contribution >= 0.6 is 0 Å². The van der Waals surface area contributed by atoms with E-state index in [0.29, 0.717) is 56.8 Å². The molecule has 1 saturated heterocycles. The number of carbonyl (C=O) groups excluding carboxylic acids is 2. The molecule has 5 rings (SSSR count). The number of fused-ring (bicyclic) bond motifs is 1. The second-order valence-electron chi connectivity index (χ2n) is 10.5. The van der Waals surface area contributed by atoms with Crippen molar-refractivity contribution >= 4 is 22.7 Å². The summed E-state index contributed by atoms with van der Waals surface area (Å²) in [5.74, 6) is -0.369. The van der Waals surface area contributed by atoms with Gasteiger partial charge in [-0.2, -0.15) is 8.78 Å². The van der Waals surface area contributed by atoms with Crippen molar-refractivity contribution < 1.29 is 37.0 Å². The number of para-hydroxylation sites is 1. The minimum atomic E-state index is -3.07. The third-order valence-corrected chi connectivity index (χ3v) is 7.18. The predicted octanol–water partition coefficient (Wildman–Crippen LogP) is 4.85. The van der Waals surface area contributed by atoms with Gasteiger partial charge in [0, 0.05) is 30.5 Å². The number of carbonyl (C=O) groups is 2. The number of hydrogen-bond donors (Lipinski definition) is 2. The van der Waals surface area contributed by atoms with E-state index in [-0.39, 0.29) is 47.9 Å². The van der Waals surface area contributed by atoms with E-state index in [0.717, 1.165) is 10.9 Å². The molecule has 238 valence electrons. The number of benzene rings is 2. The molecule has 2 aromatic heterocycles. The monoisotopic (exact) mass is 623 g/mol. The van der Waals surface area contributed by atoms with Crippen molar-refractivity contribution in [3.63, 3.8) is 0 Å². The number of nitrogens with one attached hydrogen (secondary N) is 1. The average Bonchev–Trinajstić information content (AvgIpc) is 3.50. The smallest absolute Gasteiger partial charge is 0.387 e. The molecule has 1 aliphatic heterocycles. The summed E-state index contributed by atoms with van der Waals surface area (Å²) in [6.45, 7) is 1.12. The van der Waals surface area contributed by atoms with Gasteiger partial charge in [-0.3, -0.25) is 14.6 Å². The molecule has 0 unspecified atom stereocenters. The molecule has 0 saturated carbocycles. The van der Waals surface area contributed by atoms with Gasteiger partial charge in [0.2, 0.25) is 11.8 Å². The fourth-order valence-corrected chi connectivity index (χ4v) is 4.87. The van der Waals surface area contributed by atoms with Gasteiger partial charge in [-0.05, 0) is 50.1 Å². The molecule has 11 nitrogen and oxygen atoms in total. The summed E-state index contributed by atoms with van der Waals surface area (Å²) < 4.78 is 47.8. The molecule has 0 radical (unpaired) electrons. The van der Waals surface area contributed by atoms with Gasteiger partial charge in [0.05, 0.1) is 43.6 Å². The molecule has 45 heavy (non-hydrogen) atoms. The normalized spacial score (nSPS) is 14.0. The number of nitrogens with zero attached hydrogens (tertiary/aromatic N) is 3. The Bertz CT molecular complexity index is 1620. The highest BCUT2D eigenvalue weighted by molar-refractivity contribution is 5.94. The quantitative estimate of drug-likeness (QED) is 0.200. The van der Waals surface area contributed by atoms with Gasteiger partial charge in [0.25, 0.3) is 5.91 Å². The molecule has 0 aliphatic carbocycles. The molecule has 0 bridgehead atoms. The fraction of sp³-hybridized carbons (Fsp3) is 0.375. The second-order valence-corrected chi connectivity index (χ2v) is 10.5. The topological polar surface area (TPSA) is 142 Å². The number of alkyl halides is 2. The SMILES string of the molecule is C[C@H](N)c1oc(-c2ccc(OC(F)F)c(OCCCCC(=O)N3CCOCC3)c2)nc1C(=O)NCc1ccc2ccccc2n1. The lowest BCUT2D eigenvalue weighted by Crippen LogP contribution is -2.40. The summed E-state index contributed by atoms with van der Waals surface area (Å²) in [6.07, 6.45) is 1.42. The number of aromatic nitrogens is 2. The molecular weight excluding hydrogens is 588 g/mol. The van der Waals surface area contributed by atoms with Crippen molar-refractivity contribution in [3.05, 3.63) is 71.7 Å².